The molecular formula is C13H20N4O. The summed E-state index contributed by atoms with van der Waals surface area (Å²) in [5, 5.41) is 3.42. The first kappa shape index (κ1) is 12.8. The van der Waals surface area contributed by atoms with Crippen LogP contribution in [0.3, 0.4) is 0 Å². The van der Waals surface area contributed by atoms with Crippen LogP contribution in [0.25, 0.3) is 0 Å². The zero-order valence-electron chi connectivity index (χ0n) is 10.9. The van der Waals surface area contributed by atoms with Crippen LogP contribution in [0, 0.1) is 19.8 Å². The summed E-state index contributed by atoms with van der Waals surface area (Å²) in [6.07, 6.45) is 5.42. The van der Waals surface area contributed by atoms with Crippen molar-refractivity contribution in [2.45, 2.75) is 45.6 Å². The number of carbonyl (C=O) groups excluding carboxylic acids is 1. The van der Waals surface area contributed by atoms with E-state index in [-0.39, 0.29) is 11.8 Å². The minimum absolute atomic E-state index is 0.0488. The number of aromatic nitrogens is 2. The van der Waals surface area contributed by atoms with E-state index >= 15 is 0 Å². The number of rotatable bonds is 3. The molecule has 0 aliphatic heterocycles. The van der Waals surface area contributed by atoms with E-state index in [1.54, 1.807) is 6.20 Å². The average molecular weight is 248 g/mol. The Morgan fingerprint density at radius 1 is 1.33 bits per heavy atom. The number of hydrogen-bond donors (Lipinski definition) is 2. The van der Waals surface area contributed by atoms with E-state index in [2.05, 4.69) is 15.3 Å². The normalized spacial score (nSPS) is 23.7. The van der Waals surface area contributed by atoms with E-state index < -0.39 is 0 Å². The smallest absolute Gasteiger partial charge is 0.220 e. The molecular weight excluding hydrogens is 228 g/mol. The molecule has 0 radical (unpaired) electrons. The molecule has 1 aliphatic rings. The Hall–Kier alpha value is -1.65. The number of nitrogens with one attached hydrogen (secondary N) is 1. The van der Waals surface area contributed by atoms with Gasteiger partial charge in [0.25, 0.3) is 0 Å². The van der Waals surface area contributed by atoms with Crippen LogP contribution in [0.2, 0.25) is 0 Å². The van der Waals surface area contributed by atoms with Crippen molar-refractivity contribution < 1.29 is 4.79 Å². The number of aryl methyl sites for hydroxylation is 2. The molecule has 1 aromatic rings. The summed E-state index contributed by atoms with van der Waals surface area (Å²) in [6.45, 7) is 3.88. The highest BCUT2D eigenvalue weighted by atomic mass is 16.1. The number of nitrogens with two attached hydrogens (primary N) is 1. The van der Waals surface area contributed by atoms with Crippen LogP contribution in [0.15, 0.2) is 6.20 Å². The Bertz CT molecular complexity index is 439. The standard InChI is InChI=1S/C13H20N4O/c1-8-7-15-9(2)13(16-8)17-11-5-3-10(4-6-11)12(14)18/h7,10-11H,3-6H2,1-2H3,(H2,14,18)(H,16,17). The number of anilines is 1. The summed E-state index contributed by atoms with van der Waals surface area (Å²) in [5.41, 5.74) is 7.15. The third-order valence-electron chi connectivity index (χ3n) is 3.55. The van der Waals surface area contributed by atoms with Crippen molar-refractivity contribution in [2.24, 2.45) is 11.7 Å². The first-order valence-corrected chi connectivity index (χ1v) is 6.42. The highest BCUT2D eigenvalue weighted by molar-refractivity contribution is 5.76. The quantitative estimate of drug-likeness (QED) is 0.850. The number of carbonyl (C=O) groups is 1. The first-order valence-electron chi connectivity index (χ1n) is 6.42. The number of primary amides is 1. The summed E-state index contributed by atoms with van der Waals surface area (Å²) >= 11 is 0. The fourth-order valence-corrected chi connectivity index (χ4v) is 2.39. The molecule has 3 N–H and O–H groups in total. The minimum Gasteiger partial charge on any atom is -0.369 e. The van der Waals surface area contributed by atoms with Crippen molar-refractivity contribution in [3.05, 3.63) is 17.6 Å². The van der Waals surface area contributed by atoms with Crippen LogP contribution in [0.4, 0.5) is 5.82 Å². The topological polar surface area (TPSA) is 80.9 Å². The third-order valence-corrected chi connectivity index (χ3v) is 3.55. The van der Waals surface area contributed by atoms with Crippen molar-refractivity contribution in [3.8, 4) is 0 Å². The van der Waals surface area contributed by atoms with Gasteiger partial charge in [0.05, 0.1) is 11.4 Å². The van der Waals surface area contributed by atoms with Crippen molar-refractivity contribution in [2.75, 3.05) is 5.32 Å². The van der Waals surface area contributed by atoms with Crippen LogP contribution < -0.4 is 11.1 Å². The van der Waals surface area contributed by atoms with Crippen LogP contribution in [0.5, 0.6) is 0 Å². The lowest BCUT2D eigenvalue weighted by Gasteiger charge is -2.28. The number of amides is 1. The van der Waals surface area contributed by atoms with Gasteiger partial charge in [-0.15, -0.1) is 0 Å². The molecule has 1 aromatic heterocycles. The molecule has 0 unspecified atom stereocenters. The molecule has 0 saturated heterocycles. The van der Waals surface area contributed by atoms with E-state index in [0.717, 1.165) is 42.9 Å². The van der Waals surface area contributed by atoms with Gasteiger partial charge in [-0.3, -0.25) is 9.78 Å². The predicted octanol–water partition coefficient (Wildman–Crippen LogP) is 1.55. The van der Waals surface area contributed by atoms with Gasteiger partial charge in [0, 0.05) is 18.2 Å². The van der Waals surface area contributed by atoms with Crippen molar-refractivity contribution in [1.82, 2.24) is 9.97 Å². The lowest BCUT2D eigenvalue weighted by atomic mass is 9.85. The maximum absolute atomic E-state index is 11.1. The lowest BCUT2D eigenvalue weighted by Crippen LogP contribution is -2.32. The summed E-state index contributed by atoms with van der Waals surface area (Å²) in [5.74, 6) is 0.741. The molecule has 1 heterocycles. The zero-order chi connectivity index (χ0) is 13.1. The van der Waals surface area contributed by atoms with Gasteiger partial charge >= 0.3 is 0 Å². The molecule has 0 bridgehead atoms. The van der Waals surface area contributed by atoms with Crippen molar-refractivity contribution in [1.29, 1.82) is 0 Å². The summed E-state index contributed by atoms with van der Waals surface area (Å²) in [7, 11) is 0. The monoisotopic (exact) mass is 248 g/mol. The first-order chi connectivity index (χ1) is 8.56. The Labute approximate surface area is 107 Å². The molecule has 0 aromatic carbocycles. The van der Waals surface area contributed by atoms with Crippen LogP contribution in [-0.4, -0.2) is 21.9 Å². The second-order valence-electron chi connectivity index (χ2n) is 5.04. The van der Waals surface area contributed by atoms with Gasteiger partial charge in [-0.05, 0) is 39.5 Å². The molecule has 5 nitrogen and oxygen atoms in total. The highest BCUT2D eigenvalue weighted by Crippen LogP contribution is 2.26. The largest absolute Gasteiger partial charge is 0.369 e. The number of hydrogen-bond acceptors (Lipinski definition) is 4. The van der Waals surface area contributed by atoms with E-state index in [4.69, 9.17) is 5.73 Å². The fourth-order valence-electron chi connectivity index (χ4n) is 2.39. The molecule has 5 heteroatoms. The van der Waals surface area contributed by atoms with Crippen LogP contribution >= 0.6 is 0 Å². The van der Waals surface area contributed by atoms with Gasteiger partial charge in [0.2, 0.25) is 5.91 Å². The molecule has 0 spiro atoms. The Kier molecular flexibility index (Phi) is 3.79. The molecule has 18 heavy (non-hydrogen) atoms. The van der Waals surface area contributed by atoms with Gasteiger partial charge in [-0.25, -0.2) is 4.98 Å². The van der Waals surface area contributed by atoms with Crippen molar-refractivity contribution in [3.63, 3.8) is 0 Å². The predicted molar refractivity (Wildman–Crippen MR) is 70.1 cm³/mol. The zero-order valence-corrected chi connectivity index (χ0v) is 10.9. The Balaban J connectivity index is 1.95. The molecule has 1 fully saturated rings. The van der Waals surface area contributed by atoms with E-state index in [9.17, 15) is 4.79 Å². The van der Waals surface area contributed by atoms with E-state index in [1.165, 1.54) is 0 Å². The Morgan fingerprint density at radius 3 is 2.61 bits per heavy atom. The van der Waals surface area contributed by atoms with Crippen molar-refractivity contribution >= 4 is 11.7 Å². The van der Waals surface area contributed by atoms with Gasteiger partial charge < -0.3 is 11.1 Å². The molecule has 2 rings (SSSR count). The SMILES string of the molecule is Cc1cnc(C)c(NC2CCC(C(N)=O)CC2)n1. The fraction of sp³-hybridized carbons (Fsp3) is 0.615. The summed E-state index contributed by atoms with van der Waals surface area (Å²) in [6, 6.07) is 0.371. The van der Waals surface area contributed by atoms with Gasteiger partial charge in [-0.2, -0.15) is 0 Å². The average Bonchev–Trinajstić information content (AvgIpc) is 2.34. The lowest BCUT2D eigenvalue weighted by molar-refractivity contribution is -0.122. The van der Waals surface area contributed by atoms with E-state index in [1.807, 2.05) is 13.8 Å². The van der Waals surface area contributed by atoms with Crippen LogP contribution in [-0.2, 0) is 4.79 Å². The molecule has 1 saturated carbocycles. The number of nitrogens with zero attached hydrogens (tertiary/aromatic N) is 2. The second-order valence-corrected chi connectivity index (χ2v) is 5.04. The van der Waals surface area contributed by atoms with Gasteiger partial charge in [-0.1, -0.05) is 0 Å². The molecule has 1 amide bonds. The maximum Gasteiger partial charge on any atom is 0.220 e. The van der Waals surface area contributed by atoms with Gasteiger partial charge in [0.15, 0.2) is 0 Å². The maximum atomic E-state index is 11.1. The highest BCUT2D eigenvalue weighted by Gasteiger charge is 2.25. The molecule has 1 aliphatic carbocycles. The van der Waals surface area contributed by atoms with Crippen LogP contribution in [0.1, 0.15) is 37.1 Å². The Morgan fingerprint density at radius 2 is 2.00 bits per heavy atom. The summed E-state index contributed by atoms with van der Waals surface area (Å²) in [4.78, 5) is 19.8. The minimum atomic E-state index is -0.167. The molecule has 0 atom stereocenters. The van der Waals surface area contributed by atoms with Gasteiger partial charge in [0.1, 0.15) is 5.82 Å². The third kappa shape index (κ3) is 2.97. The second kappa shape index (κ2) is 5.33. The summed E-state index contributed by atoms with van der Waals surface area (Å²) < 4.78 is 0. The molecule has 98 valence electrons. The van der Waals surface area contributed by atoms with E-state index in [0.29, 0.717) is 6.04 Å².